The lowest BCUT2D eigenvalue weighted by atomic mass is 9.72. The van der Waals surface area contributed by atoms with Crippen molar-refractivity contribution in [1.29, 1.82) is 0 Å². The van der Waals surface area contributed by atoms with Gasteiger partial charge in [0.2, 0.25) is 0 Å². The van der Waals surface area contributed by atoms with Crippen LogP contribution in [0, 0.1) is 12.3 Å². The molecule has 0 atom stereocenters. The van der Waals surface area contributed by atoms with Gasteiger partial charge in [0.05, 0.1) is 15.2 Å². The van der Waals surface area contributed by atoms with E-state index in [-0.39, 0.29) is 23.3 Å². The fourth-order valence-electron chi connectivity index (χ4n) is 3.52. The number of benzene rings is 2. The van der Waals surface area contributed by atoms with E-state index >= 15 is 0 Å². The van der Waals surface area contributed by atoms with Crippen molar-refractivity contribution in [1.82, 2.24) is 5.43 Å². The average Bonchev–Trinajstić information content (AvgIpc) is 2.60. The van der Waals surface area contributed by atoms with E-state index in [9.17, 15) is 4.79 Å². The molecule has 0 radical (unpaired) electrons. The molecule has 4 nitrogen and oxygen atoms in total. The third-order valence-corrected chi connectivity index (χ3v) is 5.76. The number of hydrogen-bond acceptors (Lipinski definition) is 3. The Bertz CT molecular complexity index is 891. The third-order valence-electron chi connectivity index (χ3n) is 4.58. The number of nitrogens with one attached hydrogen (secondary N) is 1. The van der Waals surface area contributed by atoms with Gasteiger partial charge in [0.1, 0.15) is 5.75 Å². The summed E-state index contributed by atoms with van der Waals surface area (Å²) in [7, 11) is 0. The summed E-state index contributed by atoms with van der Waals surface area (Å²) in [6.45, 7) is 13.1. The zero-order valence-electron chi connectivity index (χ0n) is 18.5. The zero-order valence-corrected chi connectivity index (χ0v) is 21.6. The van der Waals surface area contributed by atoms with Gasteiger partial charge in [-0.25, -0.2) is 5.43 Å². The zero-order chi connectivity index (χ0) is 22.5. The van der Waals surface area contributed by atoms with Crippen LogP contribution < -0.4 is 10.2 Å². The SMILES string of the molecule is Cc1ccc(/C=N/NC(=O)COc2c(Br)cc(C(C)(C)CC(C)(C)C)cc2Br)cc1. The van der Waals surface area contributed by atoms with Gasteiger partial charge >= 0.3 is 0 Å². The van der Waals surface area contributed by atoms with Gasteiger partial charge in [-0.1, -0.05) is 64.4 Å². The minimum absolute atomic E-state index is 0.00386. The Labute approximate surface area is 196 Å². The molecule has 0 saturated heterocycles. The lowest BCUT2D eigenvalue weighted by molar-refractivity contribution is -0.123. The summed E-state index contributed by atoms with van der Waals surface area (Å²) in [6, 6.07) is 12.0. The fraction of sp³-hybridized carbons (Fsp3) is 0.417. The summed E-state index contributed by atoms with van der Waals surface area (Å²) in [4.78, 5) is 12.1. The summed E-state index contributed by atoms with van der Waals surface area (Å²) >= 11 is 7.19. The number of ether oxygens (including phenoxy) is 1. The minimum atomic E-state index is -0.325. The van der Waals surface area contributed by atoms with Crippen LogP contribution in [0.4, 0.5) is 0 Å². The number of amides is 1. The van der Waals surface area contributed by atoms with E-state index in [2.05, 4.69) is 89.1 Å². The highest BCUT2D eigenvalue weighted by Crippen LogP contribution is 2.42. The number of hydrazone groups is 1. The summed E-state index contributed by atoms with van der Waals surface area (Å²) in [6.07, 6.45) is 2.65. The number of hydrogen-bond donors (Lipinski definition) is 1. The molecular formula is C24H30Br2N2O2. The van der Waals surface area contributed by atoms with Crippen LogP contribution in [-0.4, -0.2) is 18.7 Å². The first kappa shape index (κ1) is 24.6. The van der Waals surface area contributed by atoms with Gasteiger partial charge in [0.15, 0.2) is 6.61 Å². The predicted octanol–water partition coefficient (Wildman–Crippen LogP) is 6.76. The molecular weight excluding hydrogens is 508 g/mol. The van der Waals surface area contributed by atoms with Crippen molar-refractivity contribution in [3.05, 3.63) is 62.0 Å². The molecule has 0 unspecified atom stereocenters. The lowest BCUT2D eigenvalue weighted by Gasteiger charge is -2.33. The number of halogens is 2. The van der Waals surface area contributed by atoms with Gasteiger partial charge < -0.3 is 4.74 Å². The van der Waals surface area contributed by atoms with E-state index in [4.69, 9.17) is 4.74 Å². The predicted molar refractivity (Wildman–Crippen MR) is 131 cm³/mol. The summed E-state index contributed by atoms with van der Waals surface area (Å²) in [5.41, 5.74) is 6.01. The maximum Gasteiger partial charge on any atom is 0.277 e. The van der Waals surface area contributed by atoms with Crippen LogP contribution in [0.5, 0.6) is 5.75 Å². The van der Waals surface area contributed by atoms with E-state index in [1.165, 1.54) is 11.1 Å². The second kappa shape index (κ2) is 10.1. The van der Waals surface area contributed by atoms with Gasteiger partial charge in [0, 0.05) is 0 Å². The molecule has 0 aliphatic rings. The van der Waals surface area contributed by atoms with Gasteiger partial charge in [-0.15, -0.1) is 0 Å². The van der Waals surface area contributed by atoms with Crippen molar-refractivity contribution in [2.24, 2.45) is 10.5 Å². The Morgan fingerprint density at radius 2 is 1.63 bits per heavy atom. The van der Waals surface area contributed by atoms with Crippen molar-refractivity contribution in [2.45, 2.75) is 53.4 Å². The first-order valence-corrected chi connectivity index (χ1v) is 11.5. The smallest absolute Gasteiger partial charge is 0.277 e. The van der Waals surface area contributed by atoms with Crippen LogP contribution in [0.2, 0.25) is 0 Å². The summed E-state index contributed by atoms with van der Waals surface area (Å²) < 4.78 is 7.36. The Hall–Kier alpha value is -1.66. The second-order valence-corrected chi connectivity index (χ2v) is 11.1. The average molecular weight is 538 g/mol. The lowest BCUT2D eigenvalue weighted by Crippen LogP contribution is -2.26. The Balaban J connectivity index is 1.99. The van der Waals surface area contributed by atoms with E-state index in [0.29, 0.717) is 5.75 Å². The van der Waals surface area contributed by atoms with Gasteiger partial charge in [0.25, 0.3) is 5.91 Å². The first-order chi connectivity index (χ1) is 13.9. The first-order valence-electron chi connectivity index (χ1n) is 9.88. The normalized spacial score (nSPS) is 12.3. The Morgan fingerprint density at radius 3 is 2.17 bits per heavy atom. The maximum absolute atomic E-state index is 12.1. The largest absolute Gasteiger partial charge is 0.481 e. The molecule has 2 aromatic carbocycles. The van der Waals surface area contributed by atoms with E-state index < -0.39 is 0 Å². The Morgan fingerprint density at radius 1 is 1.07 bits per heavy atom. The highest BCUT2D eigenvalue weighted by molar-refractivity contribution is 9.11. The van der Waals surface area contributed by atoms with Crippen molar-refractivity contribution in [3.63, 3.8) is 0 Å². The molecule has 1 N–H and O–H groups in total. The second-order valence-electron chi connectivity index (χ2n) is 9.38. The van der Waals surface area contributed by atoms with Crippen LogP contribution in [0.15, 0.2) is 50.4 Å². The fourth-order valence-corrected chi connectivity index (χ4v) is 4.93. The highest BCUT2D eigenvalue weighted by Gasteiger charge is 2.28. The molecule has 0 aromatic heterocycles. The van der Waals surface area contributed by atoms with Crippen molar-refractivity contribution >= 4 is 44.0 Å². The van der Waals surface area contributed by atoms with E-state index in [1.807, 2.05) is 31.2 Å². The van der Waals surface area contributed by atoms with Crippen LogP contribution >= 0.6 is 31.9 Å². The third kappa shape index (κ3) is 7.55. The summed E-state index contributed by atoms with van der Waals surface area (Å²) in [5.74, 6) is 0.275. The molecule has 30 heavy (non-hydrogen) atoms. The molecule has 0 heterocycles. The van der Waals surface area contributed by atoms with Crippen LogP contribution in [0.25, 0.3) is 0 Å². The molecule has 0 aliphatic carbocycles. The van der Waals surface area contributed by atoms with Crippen molar-refractivity contribution in [3.8, 4) is 5.75 Å². The molecule has 0 aliphatic heterocycles. The van der Waals surface area contributed by atoms with Crippen LogP contribution in [0.1, 0.15) is 57.7 Å². The van der Waals surface area contributed by atoms with E-state index in [0.717, 1.165) is 20.9 Å². The van der Waals surface area contributed by atoms with Gasteiger partial charge in [-0.3, -0.25) is 4.79 Å². The number of carbonyl (C=O) groups excluding carboxylic acids is 1. The number of rotatable bonds is 7. The quantitative estimate of drug-likeness (QED) is 0.313. The summed E-state index contributed by atoms with van der Waals surface area (Å²) in [5, 5.41) is 3.98. The van der Waals surface area contributed by atoms with Gasteiger partial charge in [-0.2, -0.15) is 5.10 Å². The maximum atomic E-state index is 12.1. The van der Waals surface area contributed by atoms with Crippen LogP contribution in [0.3, 0.4) is 0 Å². The standard InChI is InChI=1S/C24H30Br2N2O2/c1-16-7-9-17(10-8-16)13-27-28-21(29)14-30-22-19(25)11-18(12-20(22)26)24(5,6)15-23(2,3)4/h7-13H,14-15H2,1-6H3,(H,28,29)/b27-13+. The van der Waals surface area contributed by atoms with E-state index in [1.54, 1.807) is 6.21 Å². The molecule has 6 heteroatoms. The molecule has 2 aromatic rings. The molecule has 2 rings (SSSR count). The van der Waals surface area contributed by atoms with Crippen molar-refractivity contribution in [2.75, 3.05) is 6.61 Å². The van der Waals surface area contributed by atoms with Crippen LogP contribution in [-0.2, 0) is 10.2 Å². The molecule has 0 saturated carbocycles. The molecule has 162 valence electrons. The monoisotopic (exact) mass is 536 g/mol. The highest BCUT2D eigenvalue weighted by atomic mass is 79.9. The molecule has 0 bridgehead atoms. The number of aryl methyl sites for hydroxylation is 1. The molecule has 0 fully saturated rings. The van der Waals surface area contributed by atoms with Crippen molar-refractivity contribution < 1.29 is 9.53 Å². The topological polar surface area (TPSA) is 50.7 Å². The number of carbonyl (C=O) groups is 1. The molecule has 1 amide bonds. The van der Waals surface area contributed by atoms with Gasteiger partial charge in [-0.05, 0) is 79.3 Å². The minimum Gasteiger partial charge on any atom is -0.481 e. The number of nitrogens with zero attached hydrogens (tertiary/aromatic N) is 1. The molecule has 0 spiro atoms. The Kier molecular flexibility index (Phi) is 8.28.